The maximum Gasteiger partial charge on any atom is 0.255 e. The Labute approximate surface area is 183 Å². The highest BCUT2D eigenvalue weighted by atomic mass is 16.5. The van der Waals surface area contributed by atoms with Crippen LogP contribution < -0.4 is 15.0 Å². The zero-order chi connectivity index (χ0) is 21.8. The molecule has 6 heteroatoms. The quantitative estimate of drug-likeness (QED) is 0.658. The smallest absolute Gasteiger partial charge is 0.255 e. The Morgan fingerprint density at radius 1 is 1.16 bits per heavy atom. The Hall–Kier alpha value is -3.28. The number of methoxy groups -OCH3 is 1. The molecule has 0 aliphatic carbocycles. The van der Waals surface area contributed by atoms with Gasteiger partial charge in [0.05, 0.1) is 24.9 Å². The number of hydrogen-bond acceptors (Lipinski definition) is 4. The van der Waals surface area contributed by atoms with E-state index in [-0.39, 0.29) is 11.9 Å². The van der Waals surface area contributed by atoms with E-state index in [1.165, 1.54) is 5.56 Å². The van der Waals surface area contributed by atoms with E-state index in [0.29, 0.717) is 12.1 Å². The fraction of sp³-hybridized carbons (Fsp3) is 0.360. The number of aryl methyl sites for hydroxylation is 1. The number of aromatic nitrogens is 2. The van der Waals surface area contributed by atoms with Crippen LogP contribution in [-0.2, 0) is 6.54 Å². The molecule has 1 unspecified atom stereocenters. The minimum absolute atomic E-state index is 0.0354. The van der Waals surface area contributed by atoms with Crippen molar-refractivity contribution in [3.63, 3.8) is 0 Å². The number of hydrogen-bond donors (Lipinski definition) is 1. The molecule has 0 saturated carbocycles. The molecule has 1 amide bonds. The molecule has 0 bridgehead atoms. The molecule has 1 N–H and O–H groups in total. The summed E-state index contributed by atoms with van der Waals surface area (Å²) in [5.74, 6) is 0.813. The molecular formula is C25H30N4O2. The zero-order valence-corrected chi connectivity index (χ0v) is 18.5. The van der Waals surface area contributed by atoms with Crippen molar-refractivity contribution >= 4 is 11.6 Å². The van der Waals surface area contributed by atoms with Crippen molar-refractivity contribution in [2.75, 3.05) is 25.1 Å². The molecule has 1 aliphatic rings. The molecule has 1 saturated heterocycles. The molecule has 4 rings (SSSR count). The molecule has 1 fully saturated rings. The first kappa shape index (κ1) is 21.0. The lowest BCUT2D eigenvalue weighted by molar-refractivity contribution is 0.0932. The Morgan fingerprint density at radius 2 is 1.97 bits per heavy atom. The fourth-order valence-electron chi connectivity index (χ4n) is 4.33. The van der Waals surface area contributed by atoms with Crippen LogP contribution in [0.25, 0.3) is 0 Å². The van der Waals surface area contributed by atoms with Crippen LogP contribution in [0.4, 0.5) is 5.69 Å². The number of nitrogens with one attached hydrogen (secondary N) is 1. The summed E-state index contributed by atoms with van der Waals surface area (Å²) >= 11 is 0. The van der Waals surface area contributed by atoms with Crippen LogP contribution in [0.2, 0.25) is 0 Å². The first-order valence-electron chi connectivity index (χ1n) is 10.8. The fourth-order valence-corrected chi connectivity index (χ4v) is 4.33. The molecule has 3 aromatic rings. The van der Waals surface area contributed by atoms with E-state index in [0.717, 1.165) is 48.8 Å². The lowest BCUT2D eigenvalue weighted by atomic mass is 10.0. The summed E-state index contributed by atoms with van der Waals surface area (Å²) in [6.45, 7) is 6.31. The predicted octanol–water partition coefficient (Wildman–Crippen LogP) is 3.96. The molecule has 1 aliphatic heterocycles. The molecule has 0 radical (unpaired) electrons. The third kappa shape index (κ3) is 4.74. The Balaban J connectivity index is 1.45. The number of nitrogens with zero attached hydrogens (tertiary/aromatic N) is 3. The van der Waals surface area contributed by atoms with Gasteiger partial charge in [-0.3, -0.25) is 9.48 Å². The second kappa shape index (κ2) is 9.25. The Kier molecular flexibility index (Phi) is 6.26. The van der Waals surface area contributed by atoms with Crippen molar-refractivity contribution in [2.24, 2.45) is 0 Å². The van der Waals surface area contributed by atoms with Crippen molar-refractivity contribution in [2.45, 2.75) is 39.3 Å². The summed E-state index contributed by atoms with van der Waals surface area (Å²) < 4.78 is 7.28. The van der Waals surface area contributed by atoms with Gasteiger partial charge in [0.15, 0.2) is 0 Å². The lowest BCUT2D eigenvalue weighted by Gasteiger charge is -2.35. The van der Waals surface area contributed by atoms with Crippen LogP contribution >= 0.6 is 0 Å². The number of carbonyl (C=O) groups is 1. The van der Waals surface area contributed by atoms with E-state index in [1.807, 2.05) is 54.9 Å². The summed E-state index contributed by atoms with van der Waals surface area (Å²) in [5.41, 5.74) is 4.66. The van der Waals surface area contributed by atoms with Crippen molar-refractivity contribution < 1.29 is 9.53 Å². The second-order valence-electron chi connectivity index (χ2n) is 8.15. The number of amides is 1. The maximum absolute atomic E-state index is 13.2. The number of piperidine rings is 1. The highest BCUT2D eigenvalue weighted by Crippen LogP contribution is 2.24. The summed E-state index contributed by atoms with van der Waals surface area (Å²) in [5, 5.41) is 7.89. The van der Waals surface area contributed by atoms with Gasteiger partial charge in [-0.1, -0.05) is 36.4 Å². The lowest BCUT2D eigenvalue weighted by Crippen LogP contribution is -2.48. The largest absolute Gasteiger partial charge is 0.497 e. The van der Waals surface area contributed by atoms with E-state index < -0.39 is 0 Å². The Bertz CT molecular complexity index is 1040. The van der Waals surface area contributed by atoms with Gasteiger partial charge in [-0.25, -0.2) is 0 Å². The van der Waals surface area contributed by atoms with Gasteiger partial charge in [0, 0.05) is 36.6 Å². The van der Waals surface area contributed by atoms with Gasteiger partial charge >= 0.3 is 0 Å². The maximum atomic E-state index is 13.2. The van der Waals surface area contributed by atoms with E-state index in [4.69, 9.17) is 4.74 Å². The first-order chi connectivity index (χ1) is 15.0. The molecule has 2 heterocycles. The standard InChI is InChI=1S/C25H30N4O2/c1-18-24(19(2)29(27-18)16-20-9-5-4-6-10-20)25(30)26-21-11-8-14-28(17-21)22-12-7-13-23(15-22)31-3/h4-7,9-10,12-13,15,21H,8,11,14,16-17H2,1-3H3,(H,26,30). The second-order valence-corrected chi connectivity index (χ2v) is 8.15. The van der Waals surface area contributed by atoms with Crippen LogP contribution in [0.5, 0.6) is 5.75 Å². The molecule has 0 spiro atoms. The first-order valence-corrected chi connectivity index (χ1v) is 10.8. The van der Waals surface area contributed by atoms with Gasteiger partial charge in [-0.2, -0.15) is 5.10 Å². The van der Waals surface area contributed by atoms with Crippen LogP contribution in [0, 0.1) is 13.8 Å². The molecule has 6 nitrogen and oxygen atoms in total. The van der Waals surface area contributed by atoms with Gasteiger partial charge in [0.2, 0.25) is 0 Å². The molecule has 31 heavy (non-hydrogen) atoms. The van der Waals surface area contributed by atoms with Gasteiger partial charge in [0.1, 0.15) is 5.75 Å². The highest BCUT2D eigenvalue weighted by Gasteiger charge is 2.25. The van der Waals surface area contributed by atoms with Crippen LogP contribution in [-0.4, -0.2) is 41.9 Å². The summed E-state index contributed by atoms with van der Waals surface area (Å²) in [6, 6.07) is 18.4. The van der Waals surface area contributed by atoms with Crippen LogP contribution in [0.1, 0.15) is 40.2 Å². The average molecular weight is 419 g/mol. The van der Waals surface area contributed by atoms with Crippen LogP contribution in [0.3, 0.4) is 0 Å². The van der Waals surface area contributed by atoms with Gasteiger partial charge in [0.25, 0.3) is 5.91 Å². The van der Waals surface area contributed by atoms with Gasteiger partial charge in [-0.05, 0) is 44.4 Å². The number of benzene rings is 2. The minimum Gasteiger partial charge on any atom is -0.497 e. The summed E-state index contributed by atoms with van der Waals surface area (Å²) in [4.78, 5) is 15.5. The summed E-state index contributed by atoms with van der Waals surface area (Å²) in [7, 11) is 1.68. The third-order valence-corrected chi connectivity index (χ3v) is 5.96. The normalized spacial score (nSPS) is 16.2. The van der Waals surface area contributed by atoms with Crippen molar-refractivity contribution in [1.29, 1.82) is 0 Å². The number of carbonyl (C=O) groups excluding carboxylic acids is 1. The van der Waals surface area contributed by atoms with E-state index in [9.17, 15) is 4.79 Å². The monoisotopic (exact) mass is 418 g/mol. The minimum atomic E-state index is -0.0354. The predicted molar refractivity (Wildman–Crippen MR) is 123 cm³/mol. The Morgan fingerprint density at radius 3 is 2.74 bits per heavy atom. The topological polar surface area (TPSA) is 59.4 Å². The van der Waals surface area contributed by atoms with E-state index >= 15 is 0 Å². The van der Waals surface area contributed by atoms with Crippen LogP contribution in [0.15, 0.2) is 54.6 Å². The molecule has 162 valence electrons. The zero-order valence-electron chi connectivity index (χ0n) is 18.5. The molecular weight excluding hydrogens is 388 g/mol. The van der Waals surface area contributed by atoms with E-state index in [2.05, 4.69) is 33.5 Å². The average Bonchev–Trinajstić information content (AvgIpc) is 3.07. The highest BCUT2D eigenvalue weighted by molar-refractivity contribution is 5.96. The van der Waals surface area contributed by atoms with Crippen molar-refractivity contribution in [3.05, 3.63) is 77.1 Å². The van der Waals surface area contributed by atoms with Crippen molar-refractivity contribution in [1.82, 2.24) is 15.1 Å². The third-order valence-electron chi connectivity index (χ3n) is 5.96. The summed E-state index contributed by atoms with van der Waals surface area (Å²) in [6.07, 6.45) is 2.01. The van der Waals surface area contributed by atoms with Gasteiger partial charge in [-0.15, -0.1) is 0 Å². The number of anilines is 1. The molecule has 1 aromatic heterocycles. The SMILES string of the molecule is COc1cccc(N2CCCC(NC(=O)c3c(C)nn(Cc4ccccc4)c3C)C2)c1. The number of ether oxygens (including phenoxy) is 1. The van der Waals surface area contributed by atoms with E-state index in [1.54, 1.807) is 7.11 Å². The van der Waals surface area contributed by atoms with Gasteiger partial charge < -0.3 is 15.0 Å². The van der Waals surface area contributed by atoms with Crippen molar-refractivity contribution in [3.8, 4) is 5.75 Å². The molecule has 1 atom stereocenters. The number of rotatable bonds is 6. The molecule has 2 aromatic carbocycles.